The van der Waals surface area contributed by atoms with Crippen LogP contribution in [0.3, 0.4) is 0 Å². The first-order valence-electron chi connectivity index (χ1n) is 6.87. The first kappa shape index (κ1) is 17.6. The molecule has 0 heterocycles. The Labute approximate surface area is 130 Å². The Morgan fingerprint density at radius 3 is 2.45 bits per heavy atom. The maximum absolute atomic E-state index is 11.9. The summed E-state index contributed by atoms with van der Waals surface area (Å²) in [5, 5.41) is 2.72. The Morgan fingerprint density at radius 2 is 1.86 bits per heavy atom. The highest BCUT2D eigenvalue weighted by Gasteiger charge is 2.13. The van der Waals surface area contributed by atoms with Crippen molar-refractivity contribution in [2.45, 2.75) is 13.5 Å². The number of amides is 2. The van der Waals surface area contributed by atoms with Crippen molar-refractivity contribution in [3.05, 3.63) is 23.8 Å². The first-order chi connectivity index (χ1) is 10.5. The summed E-state index contributed by atoms with van der Waals surface area (Å²) in [4.78, 5) is 24.5. The average molecular weight is 310 g/mol. The quantitative estimate of drug-likeness (QED) is 0.771. The molecule has 0 bridgehead atoms. The van der Waals surface area contributed by atoms with Crippen molar-refractivity contribution in [1.82, 2.24) is 10.2 Å². The summed E-state index contributed by atoms with van der Waals surface area (Å²) in [6.45, 7) is 2.23. The largest absolute Gasteiger partial charge is 0.493 e. The number of benzene rings is 1. The normalized spacial score (nSPS) is 9.82. The van der Waals surface area contributed by atoms with E-state index in [2.05, 4.69) is 5.32 Å². The van der Waals surface area contributed by atoms with E-state index in [1.54, 1.807) is 33.3 Å². The second-order valence-electron chi connectivity index (χ2n) is 4.51. The predicted molar refractivity (Wildman–Crippen MR) is 81.0 cm³/mol. The molecule has 122 valence electrons. The third kappa shape index (κ3) is 5.16. The fourth-order valence-corrected chi connectivity index (χ4v) is 1.78. The van der Waals surface area contributed by atoms with Crippen LogP contribution in [0.5, 0.6) is 11.5 Å². The molecule has 0 fully saturated rings. The Balaban J connectivity index is 2.55. The van der Waals surface area contributed by atoms with Crippen LogP contribution in [0.4, 0.5) is 4.79 Å². The van der Waals surface area contributed by atoms with Gasteiger partial charge in [0.2, 0.25) is 0 Å². The molecule has 0 aliphatic carbocycles. The van der Waals surface area contributed by atoms with E-state index in [1.165, 1.54) is 11.9 Å². The SMILES string of the molecule is CCOC(=O)CN(C)C(=O)NCc1ccc(OC)c(OC)c1. The molecule has 0 saturated heterocycles. The van der Waals surface area contributed by atoms with E-state index in [-0.39, 0.29) is 12.6 Å². The predicted octanol–water partition coefficient (Wildman–Crippen LogP) is 1.41. The highest BCUT2D eigenvalue weighted by atomic mass is 16.5. The van der Waals surface area contributed by atoms with E-state index in [1.807, 2.05) is 6.07 Å². The van der Waals surface area contributed by atoms with Gasteiger partial charge in [-0.2, -0.15) is 0 Å². The smallest absolute Gasteiger partial charge is 0.325 e. The van der Waals surface area contributed by atoms with Gasteiger partial charge in [-0.25, -0.2) is 4.79 Å². The maximum atomic E-state index is 11.9. The van der Waals surface area contributed by atoms with E-state index in [0.29, 0.717) is 24.7 Å². The summed E-state index contributed by atoms with van der Waals surface area (Å²) in [6.07, 6.45) is 0. The zero-order chi connectivity index (χ0) is 16.5. The van der Waals surface area contributed by atoms with E-state index < -0.39 is 5.97 Å². The lowest BCUT2D eigenvalue weighted by molar-refractivity contribution is -0.143. The molecule has 7 nitrogen and oxygen atoms in total. The van der Waals surface area contributed by atoms with Crippen LogP contribution in [0.25, 0.3) is 0 Å². The molecule has 1 N–H and O–H groups in total. The fraction of sp³-hybridized carbons (Fsp3) is 0.467. The lowest BCUT2D eigenvalue weighted by Crippen LogP contribution is -2.40. The number of nitrogens with one attached hydrogen (secondary N) is 1. The van der Waals surface area contributed by atoms with Crippen molar-refractivity contribution in [2.75, 3.05) is 34.4 Å². The van der Waals surface area contributed by atoms with E-state index in [9.17, 15) is 9.59 Å². The molecule has 1 rings (SSSR count). The van der Waals surface area contributed by atoms with E-state index in [4.69, 9.17) is 14.2 Å². The van der Waals surface area contributed by atoms with E-state index in [0.717, 1.165) is 5.56 Å². The second kappa shape index (κ2) is 8.76. The zero-order valence-electron chi connectivity index (χ0n) is 13.3. The summed E-state index contributed by atoms with van der Waals surface area (Å²) < 4.78 is 15.1. The number of nitrogens with zero attached hydrogens (tertiary/aromatic N) is 1. The highest BCUT2D eigenvalue weighted by Crippen LogP contribution is 2.27. The van der Waals surface area contributed by atoms with Gasteiger partial charge in [0.15, 0.2) is 11.5 Å². The summed E-state index contributed by atoms with van der Waals surface area (Å²) >= 11 is 0. The van der Waals surface area contributed by atoms with Crippen LogP contribution in [0.1, 0.15) is 12.5 Å². The Hall–Kier alpha value is -2.44. The zero-order valence-corrected chi connectivity index (χ0v) is 13.3. The standard InChI is InChI=1S/C15H22N2O5/c1-5-22-14(18)10-17(2)15(19)16-9-11-6-7-12(20-3)13(8-11)21-4/h6-8H,5,9-10H2,1-4H3,(H,16,19). The molecule has 0 radical (unpaired) electrons. The number of methoxy groups -OCH3 is 2. The Morgan fingerprint density at radius 1 is 1.18 bits per heavy atom. The van der Waals surface area contributed by atoms with Gasteiger partial charge in [-0.1, -0.05) is 6.07 Å². The van der Waals surface area contributed by atoms with Gasteiger partial charge in [-0.05, 0) is 24.6 Å². The van der Waals surface area contributed by atoms with Crippen molar-refractivity contribution in [2.24, 2.45) is 0 Å². The molecule has 7 heteroatoms. The third-order valence-electron chi connectivity index (χ3n) is 2.91. The number of rotatable bonds is 7. The lowest BCUT2D eigenvalue weighted by atomic mass is 10.2. The van der Waals surface area contributed by atoms with Crippen molar-refractivity contribution < 1.29 is 23.8 Å². The first-order valence-corrected chi connectivity index (χ1v) is 6.87. The lowest BCUT2D eigenvalue weighted by Gasteiger charge is -2.17. The van der Waals surface area contributed by atoms with Gasteiger partial charge >= 0.3 is 12.0 Å². The van der Waals surface area contributed by atoms with Crippen LogP contribution in [-0.2, 0) is 16.1 Å². The molecule has 2 amide bonds. The second-order valence-corrected chi connectivity index (χ2v) is 4.51. The van der Waals surface area contributed by atoms with Gasteiger partial charge in [-0.3, -0.25) is 4.79 Å². The van der Waals surface area contributed by atoms with Crippen LogP contribution in [0, 0.1) is 0 Å². The van der Waals surface area contributed by atoms with Crippen molar-refractivity contribution in [3.63, 3.8) is 0 Å². The minimum atomic E-state index is -0.439. The van der Waals surface area contributed by atoms with Crippen molar-refractivity contribution >= 4 is 12.0 Å². The van der Waals surface area contributed by atoms with Gasteiger partial charge in [0.25, 0.3) is 0 Å². The van der Waals surface area contributed by atoms with Crippen LogP contribution in [0.2, 0.25) is 0 Å². The molecule has 0 aliphatic rings. The van der Waals surface area contributed by atoms with Gasteiger partial charge in [0, 0.05) is 13.6 Å². The van der Waals surface area contributed by atoms with Gasteiger partial charge < -0.3 is 24.4 Å². The molecule has 0 aliphatic heterocycles. The Kier molecular flexibility index (Phi) is 7.01. The van der Waals surface area contributed by atoms with Crippen LogP contribution < -0.4 is 14.8 Å². The number of ether oxygens (including phenoxy) is 3. The fourth-order valence-electron chi connectivity index (χ4n) is 1.78. The van der Waals surface area contributed by atoms with Crippen molar-refractivity contribution in [1.29, 1.82) is 0 Å². The minimum Gasteiger partial charge on any atom is -0.493 e. The molecule has 0 unspecified atom stereocenters. The molecule has 22 heavy (non-hydrogen) atoms. The third-order valence-corrected chi connectivity index (χ3v) is 2.91. The number of hydrogen-bond donors (Lipinski definition) is 1. The summed E-state index contributed by atoms with van der Waals surface area (Å²) in [5.74, 6) is 0.775. The number of hydrogen-bond acceptors (Lipinski definition) is 5. The van der Waals surface area contributed by atoms with Gasteiger partial charge in [-0.15, -0.1) is 0 Å². The number of carbonyl (C=O) groups excluding carboxylic acids is 2. The highest BCUT2D eigenvalue weighted by molar-refractivity contribution is 5.80. The molecule has 1 aromatic rings. The van der Waals surface area contributed by atoms with Crippen LogP contribution in [-0.4, -0.2) is 51.3 Å². The monoisotopic (exact) mass is 310 g/mol. The topological polar surface area (TPSA) is 77.1 Å². The molecule has 0 aromatic heterocycles. The number of urea groups is 1. The average Bonchev–Trinajstić information content (AvgIpc) is 2.52. The molecular weight excluding hydrogens is 288 g/mol. The summed E-state index contributed by atoms with van der Waals surface area (Å²) in [7, 11) is 4.64. The summed E-state index contributed by atoms with van der Waals surface area (Å²) in [5.41, 5.74) is 0.857. The van der Waals surface area contributed by atoms with Crippen LogP contribution >= 0.6 is 0 Å². The summed E-state index contributed by atoms with van der Waals surface area (Å²) in [6, 6.07) is 5.02. The maximum Gasteiger partial charge on any atom is 0.325 e. The van der Waals surface area contributed by atoms with E-state index >= 15 is 0 Å². The molecule has 0 atom stereocenters. The van der Waals surface area contributed by atoms with Gasteiger partial charge in [0.05, 0.1) is 20.8 Å². The van der Waals surface area contributed by atoms with Crippen molar-refractivity contribution in [3.8, 4) is 11.5 Å². The molecule has 1 aromatic carbocycles. The van der Waals surface area contributed by atoms with Gasteiger partial charge in [0.1, 0.15) is 6.54 Å². The Bertz CT molecular complexity index is 519. The number of esters is 1. The number of carbonyl (C=O) groups is 2. The molecule has 0 saturated carbocycles. The minimum absolute atomic E-state index is 0.0917. The molecule has 0 spiro atoms. The molecular formula is C15H22N2O5. The van der Waals surface area contributed by atoms with Crippen LogP contribution in [0.15, 0.2) is 18.2 Å². The number of likely N-dealkylation sites (N-methyl/N-ethyl adjacent to an activating group) is 1.